The van der Waals surface area contributed by atoms with Gasteiger partial charge >= 0.3 is 0 Å². The fraction of sp³-hybridized carbons (Fsp3) is 0.350. The second-order valence-electron chi connectivity index (χ2n) is 6.05. The monoisotopic (exact) mass is 404 g/mol. The van der Waals surface area contributed by atoms with Gasteiger partial charge in [0.2, 0.25) is 5.91 Å². The third-order valence-corrected chi connectivity index (χ3v) is 4.93. The van der Waals surface area contributed by atoms with Crippen LogP contribution in [0.15, 0.2) is 46.9 Å². The van der Waals surface area contributed by atoms with Crippen LogP contribution in [0.2, 0.25) is 0 Å². The van der Waals surface area contributed by atoms with Gasteiger partial charge in [-0.25, -0.2) is 0 Å². The number of halogens is 1. The van der Waals surface area contributed by atoms with E-state index in [0.29, 0.717) is 6.54 Å². The van der Waals surface area contributed by atoms with Crippen molar-refractivity contribution < 1.29 is 9.53 Å². The Balaban J connectivity index is 2.05. The molecule has 0 radical (unpaired) electrons. The van der Waals surface area contributed by atoms with Gasteiger partial charge in [-0.1, -0.05) is 25.1 Å². The molecule has 1 unspecified atom stereocenters. The average molecular weight is 405 g/mol. The van der Waals surface area contributed by atoms with Crippen molar-refractivity contribution in [3.05, 3.63) is 58.1 Å². The van der Waals surface area contributed by atoms with E-state index < -0.39 is 0 Å². The molecule has 0 spiro atoms. The normalized spacial score (nSPS) is 12.1. The molecule has 0 fully saturated rings. The van der Waals surface area contributed by atoms with Crippen LogP contribution >= 0.6 is 15.9 Å². The summed E-state index contributed by atoms with van der Waals surface area (Å²) < 4.78 is 6.19. The molecular formula is C20H25BrN2O2. The highest BCUT2D eigenvalue weighted by Gasteiger charge is 2.18. The van der Waals surface area contributed by atoms with Gasteiger partial charge in [0.1, 0.15) is 5.75 Å². The number of ether oxygens (including phenoxy) is 1. The maximum Gasteiger partial charge on any atom is 0.238 e. The molecule has 2 rings (SSSR count). The van der Waals surface area contributed by atoms with Crippen LogP contribution in [-0.4, -0.2) is 31.0 Å². The molecule has 0 aliphatic heterocycles. The first kappa shape index (κ1) is 19.5. The molecule has 0 aromatic heterocycles. The summed E-state index contributed by atoms with van der Waals surface area (Å²) in [5.41, 5.74) is 3.07. The molecule has 4 nitrogen and oxygen atoms in total. The molecule has 1 amide bonds. The highest BCUT2D eigenvalue weighted by atomic mass is 79.9. The fourth-order valence-electron chi connectivity index (χ4n) is 2.73. The molecule has 1 N–H and O–H groups in total. The van der Waals surface area contributed by atoms with Gasteiger partial charge in [-0.05, 0) is 71.7 Å². The highest BCUT2D eigenvalue weighted by molar-refractivity contribution is 9.10. The molecule has 25 heavy (non-hydrogen) atoms. The Morgan fingerprint density at radius 1 is 1.28 bits per heavy atom. The summed E-state index contributed by atoms with van der Waals surface area (Å²) in [7, 11) is 1.66. The van der Waals surface area contributed by atoms with E-state index in [0.717, 1.165) is 33.6 Å². The Bertz CT molecular complexity index is 733. The molecule has 134 valence electrons. The van der Waals surface area contributed by atoms with Crippen molar-refractivity contribution in [1.29, 1.82) is 0 Å². The third-order valence-electron chi connectivity index (χ3n) is 4.28. The van der Waals surface area contributed by atoms with Gasteiger partial charge < -0.3 is 10.1 Å². The second-order valence-corrected chi connectivity index (χ2v) is 6.90. The van der Waals surface area contributed by atoms with E-state index in [9.17, 15) is 4.79 Å². The lowest BCUT2D eigenvalue weighted by atomic mass is 10.1. The Kier molecular flexibility index (Phi) is 7.02. The SMILES string of the molecule is CCN(CC(=O)Nc1ccc(C)cc1Br)C(C)c1cccc(OC)c1. The Labute approximate surface area is 158 Å². The van der Waals surface area contributed by atoms with Gasteiger partial charge in [-0.3, -0.25) is 9.69 Å². The maximum atomic E-state index is 12.5. The number of carbonyl (C=O) groups is 1. The standard InChI is InChI=1S/C20H25BrN2O2/c1-5-23(15(3)16-7-6-8-17(12-16)25-4)13-20(24)22-19-10-9-14(2)11-18(19)21/h6-12,15H,5,13H2,1-4H3,(H,22,24). The van der Waals surface area contributed by atoms with E-state index in [1.807, 2.05) is 43.3 Å². The number of anilines is 1. The summed E-state index contributed by atoms with van der Waals surface area (Å²) in [6.45, 7) is 7.29. The van der Waals surface area contributed by atoms with Gasteiger partial charge in [0, 0.05) is 10.5 Å². The van der Waals surface area contributed by atoms with Gasteiger partial charge in [0.05, 0.1) is 19.3 Å². The summed E-state index contributed by atoms with van der Waals surface area (Å²) >= 11 is 3.50. The van der Waals surface area contributed by atoms with Crippen molar-refractivity contribution in [2.75, 3.05) is 25.5 Å². The predicted octanol–water partition coefficient (Wildman–Crippen LogP) is 4.79. The predicted molar refractivity (Wildman–Crippen MR) is 106 cm³/mol. The number of hydrogen-bond donors (Lipinski definition) is 1. The first-order chi connectivity index (χ1) is 11.9. The maximum absolute atomic E-state index is 12.5. The van der Waals surface area contributed by atoms with E-state index in [4.69, 9.17) is 4.74 Å². The van der Waals surface area contributed by atoms with Crippen molar-refractivity contribution in [1.82, 2.24) is 4.90 Å². The Morgan fingerprint density at radius 2 is 2.04 bits per heavy atom. The van der Waals surface area contributed by atoms with E-state index in [1.165, 1.54) is 0 Å². The summed E-state index contributed by atoms with van der Waals surface area (Å²) in [4.78, 5) is 14.6. The topological polar surface area (TPSA) is 41.6 Å². The summed E-state index contributed by atoms with van der Waals surface area (Å²) in [6, 6.07) is 14.0. The number of carbonyl (C=O) groups excluding carboxylic acids is 1. The van der Waals surface area contributed by atoms with Crippen molar-refractivity contribution in [2.45, 2.75) is 26.8 Å². The lowest BCUT2D eigenvalue weighted by Gasteiger charge is -2.27. The average Bonchev–Trinajstić information content (AvgIpc) is 2.61. The molecule has 2 aromatic rings. The molecule has 0 heterocycles. The molecule has 0 saturated heterocycles. The minimum absolute atomic E-state index is 0.0267. The van der Waals surface area contributed by atoms with Gasteiger partial charge in [0.15, 0.2) is 0 Å². The minimum Gasteiger partial charge on any atom is -0.497 e. The first-order valence-electron chi connectivity index (χ1n) is 8.38. The number of amides is 1. The van der Waals surface area contributed by atoms with E-state index in [-0.39, 0.29) is 11.9 Å². The Morgan fingerprint density at radius 3 is 2.68 bits per heavy atom. The number of rotatable bonds is 7. The van der Waals surface area contributed by atoms with Crippen LogP contribution in [-0.2, 0) is 4.79 Å². The number of nitrogens with zero attached hydrogens (tertiary/aromatic N) is 1. The summed E-state index contributed by atoms with van der Waals surface area (Å²) in [5, 5.41) is 2.98. The molecule has 0 aliphatic rings. The fourth-order valence-corrected chi connectivity index (χ4v) is 3.32. The van der Waals surface area contributed by atoms with Crippen LogP contribution in [0.3, 0.4) is 0 Å². The number of nitrogens with one attached hydrogen (secondary N) is 1. The molecular weight excluding hydrogens is 380 g/mol. The first-order valence-corrected chi connectivity index (χ1v) is 9.18. The van der Waals surface area contributed by atoms with Crippen molar-refractivity contribution in [3.8, 4) is 5.75 Å². The summed E-state index contributed by atoms with van der Waals surface area (Å²) in [6.07, 6.45) is 0. The zero-order chi connectivity index (χ0) is 18.4. The smallest absolute Gasteiger partial charge is 0.238 e. The molecule has 2 aromatic carbocycles. The molecule has 0 saturated carbocycles. The van der Waals surface area contributed by atoms with Crippen LogP contribution in [0.5, 0.6) is 5.75 Å². The molecule has 1 atom stereocenters. The van der Waals surface area contributed by atoms with Crippen molar-refractivity contribution >= 4 is 27.5 Å². The van der Waals surface area contributed by atoms with Crippen LogP contribution in [0, 0.1) is 6.92 Å². The van der Waals surface area contributed by atoms with Gasteiger partial charge in [-0.15, -0.1) is 0 Å². The van der Waals surface area contributed by atoms with Gasteiger partial charge in [0.25, 0.3) is 0 Å². The molecule has 0 aliphatic carbocycles. The molecule has 0 bridgehead atoms. The van der Waals surface area contributed by atoms with E-state index in [1.54, 1.807) is 7.11 Å². The van der Waals surface area contributed by atoms with Crippen LogP contribution in [0.25, 0.3) is 0 Å². The van der Waals surface area contributed by atoms with Crippen LogP contribution in [0.1, 0.15) is 31.0 Å². The number of hydrogen-bond acceptors (Lipinski definition) is 3. The largest absolute Gasteiger partial charge is 0.497 e. The van der Waals surface area contributed by atoms with Crippen LogP contribution in [0.4, 0.5) is 5.69 Å². The minimum atomic E-state index is -0.0267. The Hall–Kier alpha value is -1.85. The lowest BCUT2D eigenvalue weighted by molar-refractivity contribution is -0.117. The highest BCUT2D eigenvalue weighted by Crippen LogP contribution is 2.25. The number of likely N-dealkylation sites (N-methyl/N-ethyl adjacent to an activating group) is 1. The number of methoxy groups -OCH3 is 1. The zero-order valence-corrected chi connectivity index (χ0v) is 16.8. The molecule has 5 heteroatoms. The van der Waals surface area contributed by atoms with Crippen LogP contribution < -0.4 is 10.1 Å². The zero-order valence-electron chi connectivity index (χ0n) is 15.2. The lowest BCUT2D eigenvalue weighted by Crippen LogP contribution is -2.35. The van der Waals surface area contributed by atoms with Crippen molar-refractivity contribution in [2.24, 2.45) is 0 Å². The van der Waals surface area contributed by atoms with E-state index in [2.05, 4.69) is 46.1 Å². The van der Waals surface area contributed by atoms with Gasteiger partial charge in [-0.2, -0.15) is 0 Å². The van der Waals surface area contributed by atoms with E-state index >= 15 is 0 Å². The quantitative estimate of drug-likeness (QED) is 0.721. The second kappa shape index (κ2) is 9.02. The number of aryl methyl sites for hydroxylation is 1. The third kappa shape index (κ3) is 5.31. The number of benzene rings is 2. The van der Waals surface area contributed by atoms with Crippen molar-refractivity contribution in [3.63, 3.8) is 0 Å². The summed E-state index contributed by atoms with van der Waals surface area (Å²) in [5.74, 6) is 0.801.